The van der Waals surface area contributed by atoms with Gasteiger partial charge in [-0.3, -0.25) is 4.57 Å². The van der Waals surface area contributed by atoms with E-state index < -0.39 is 17.7 Å². The molecule has 0 saturated heterocycles. The van der Waals surface area contributed by atoms with E-state index >= 15 is 0 Å². The number of hydrogen-bond acceptors (Lipinski definition) is 5. The summed E-state index contributed by atoms with van der Waals surface area (Å²) in [4.78, 5) is 24.7. The first kappa shape index (κ1) is 20.0. The van der Waals surface area contributed by atoms with E-state index in [0.717, 1.165) is 12.1 Å². The molecule has 0 bridgehead atoms. The first-order valence-electron chi connectivity index (χ1n) is 9.11. The van der Waals surface area contributed by atoms with Crippen LogP contribution in [-0.2, 0) is 0 Å². The number of ether oxygens (including phenoxy) is 1. The van der Waals surface area contributed by atoms with Crippen LogP contribution in [-0.4, -0.2) is 25.6 Å². The van der Waals surface area contributed by atoms with E-state index in [-0.39, 0.29) is 5.69 Å². The molecule has 8 nitrogen and oxygen atoms in total. The van der Waals surface area contributed by atoms with Crippen LogP contribution in [0.2, 0.25) is 0 Å². The van der Waals surface area contributed by atoms with Gasteiger partial charge >= 0.3 is 6.03 Å². The number of imidazole rings is 1. The Bertz CT molecular complexity index is 1210. The topological polar surface area (TPSA) is 94.0 Å². The molecule has 0 aliphatic heterocycles. The van der Waals surface area contributed by atoms with Crippen LogP contribution in [0.5, 0.6) is 11.6 Å². The van der Waals surface area contributed by atoms with Gasteiger partial charge in [0.05, 0.1) is 0 Å². The highest BCUT2D eigenvalue weighted by molar-refractivity contribution is 5.99. The third kappa shape index (κ3) is 4.99. The minimum Gasteiger partial charge on any atom is -0.439 e. The van der Waals surface area contributed by atoms with Gasteiger partial charge < -0.3 is 15.4 Å². The summed E-state index contributed by atoms with van der Waals surface area (Å²) in [6.07, 6.45) is 5.03. The van der Waals surface area contributed by atoms with Crippen molar-refractivity contribution in [3.05, 3.63) is 84.7 Å². The van der Waals surface area contributed by atoms with E-state index in [1.165, 1.54) is 6.07 Å². The zero-order valence-corrected chi connectivity index (χ0v) is 16.2. The van der Waals surface area contributed by atoms with Gasteiger partial charge in [0.15, 0.2) is 11.6 Å². The van der Waals surface area contributed by atoms with Crippen molar-refractivity contribution in [2.24, 2.45) is 0 Å². The molecule has 2 heterocycles. The van der Waals surface area contributed by atoms with Crippen molar-refractivity contribution in [3.8, 4) is 17.4 Å². The van der Waals surface area contributed by atoms with E-state index in [1.54, 1.807) is 60.5 Å². The number of aryl methyl sites for hydroxylation is 1. The fourth-order valence-corrected chi connectivity index (χ4v) is 2.70. The average Bonchev–Trinajstić information content (AvgIpc) is 3.27. The van der Waals surface area contributed by atoms with Gasteiger partial charge in [0, 0.05) is 35.9 Å². The number of amides is 2. The molecule has 0 atom stereocenters. The Labute approximate surface area is 175 Å². The van der Waals surface area contributed by atoms with Crippen LogP contribution >= 0.6 is 0 Å². The summed E-state index contributed by atoms with van der Waals surface area (Å²) < 4.78 is 33.7. The second kappa shape index (κ2) is 8.57. The first-order chi connectivity index (χ1) is 15.0. The van der Waals surface area contributed by atoms with E-state index in [2.05, 4.69) is 25.6 Å². The summed E-state index contributed by atoms with van der Waals surface area (Å²) in [5, 5.41) is 5.02. The number of rotatable bonds is 5. The third-order valence-electron chi connectivity index (χ3n) is 4.08. The maximum atomic E-state index is 13.2. The van der Waals surface area contributed by atoms with Crippen LogP contribution in [0.1, 0.15) is 5.82 Å². The predicted molar refractivity (Wildman–Crippen MR) is 109 cm³/mol. The van der Waals surface area contributed by atoms with E-state index in [9.17, 15) is 13.6 Å². The predicted octanol–water partition coefficient (Wildman–Crippen LogP) is 4.69. The first-order valence-corrected chi connectivity index (χ1v) is 9.11. The summed E-state index contributed by atoms with van der Waals surface area (Å²) >= 11 is 0. The van der Waals surface area contributed by atoms with Crippen LogP contribution < -0.4 is 15.4 Å². The van der Waals surface area contributed by atoms with Gasteiger partial charge in [-0.2, -0.15) is 4.98 Å². The molecule has 4 rings (SSSR count). The lowest BCUT2D eigenvalue weighted by molar-refractivity contribution is 0.262. The van der Waals surface area contributed by atoms with Gasteiger partial charge in [-0.25, -0.2) is 23.5 Å². The van der Waals surface area contributed by atoms with Crippen molar-refractivity contribution in [2.45, 2.75) is 6.92 Å². The molecule has 156 valence electrons. The lowest BCUT2D eigenvalue weighted by Crippen LogP contribution is -2.19. The van der Waals surface area contributed by atoms with Crippen molar-refractivity contribution < 1.29 is 18.3 Å². The van der Waals surface area contributed by atoms with Crippen molar-refractivity contribution in [1.29, 1.82) is 0 Å². The van der Waals surface area contributed by atoms with E-state index in [1.807, 2.05) is 0 Å². The Morgan fingerprint density at radius 2 is 1.71 bits per heavy atom. The third-order valence-corrected chi connectivity index (χ3v) is 4.08. The fourth-order valence-electron chi connectivity index (χ4n) is 2.70. The van der Waals surface area contributed by atoms with Gasteiger partial charge in [0.1, 0.15) is 23.7 Å². The monoisotopic (exact) mass is 422 g/mol. The van der Waals surface area contributed by atoms with Gasteiger partial charge in [-0.1, -0.05) is 0 Å². The van der Waals surface area contributed by atoms with Crippen LogP contribution in [0.4, 0.5) is 25.0 Å². The molecule has 10 heteroatoms. The Morgan fingerprint density at radius 3 is 2.42 bits per heavy atom. The molecule has 0 saturated carbocycles. The van der Waals surface area contributed by atoms with Gasteiger partial charge in [-0.05, 0) is 43.3 Å². The highest BCUT2D eigenvalue weighted by Crippen LogP contribution is 2.23. The van der Waals surface area contributed by atoms with Gasteiger partial charge in [-0.15, -0.1) is 0 Å². The summed E-state index contributed by atoms with van der Waals surface area (Å²) in [6.45, 7) is 1.76. The minimum absolute atomic E-state index is 0.129. The number of anilines is 2. The molecule has 0 fully saturated rings. The van der Waals surface area contributed by atoms with E-state index in [0.29, 0.717) is 29.0 Å². The second-order valence-corrected chi connectivity index (χ2v) is 6.42. The Balaban J connectivity index is 1.40. The fraction of sp³-hybridized carbons (Fsp3) is 0.0476. The van der Waals surface area contributed by atoms with Crippen molar-refractivity contribution in [1.82, 2.24) is 19.5 Å². The molecule has 0 aliphatic rings. The Morgan fingerprint density at radius 1 is 0.968 bits per heavy atom. The maximum Gasteiger partial charge on any atom is 0.323 e. The number of aromatic nitrogens is 4. The maximum absolute atomic E-state index is 13.2. The summed E-state index contributed by atoms with van der Waals surface area (Å²) in [5.74, 6) is -0.0251. The molecule has 2 aromatic heterocycles. The molecular weight excluding hydrogens is 406 g/mol. The highest BCUT2D eigenvalue weighted by atomic mass is 19.2. The van der Waals surface area contributed by atoms with Crippen LogP contribution in [0, 0.1) is 18.6 Å². The summed E-state index contributed by atoms with van der Waals surface area (Å²) in [7, 11) is 0. The summed E-state index contributed by atoms with van der Waals surface area (Å²) in [6, 6.07) is 10.7. The minimum atomic E-state index is -1.05. The highest BCUT2D eigenvalue weighted by Gasteiger charge is 2.08. The number of carbonyl (C=O) groups excluding carboxylic acids is 1. The standard InChI is InChI=1S/C21H16F2N6O2/c1-13-25-19(29-9-8-24-12-29)11-20(26-13)31-16-5-2-14(3-6-16)27-21(30)28-15-4-7-17(22)18(23)10-15/h2-12H,1H3,(H2,27,28,30). The largest absolute Gasteiger partial charge is 0.439 e. The molecule has 0 aliphatic carbocycles. The molecule has 4 aromatic rings. The molecule has 0 spiro atoms. The zero-order chi connectivity index (χ0) is 21.8. The molecule has 31 heavy (non-hydrogen) atoms. The van der Waals surface area contributed by atoms with Gasteiger partial charge in [0.2, 0.25) is 5.88 Å². The molecule has 2 amide bonds. The van der Waals surface area contributed by atoms with Crippen molar-refractivity contribution >= 4 is 17.4 Å². The van der Waals surface area contributed by atoms with Gasteiger partial charge in [0.25, 0.3) is 0 Å². The number of urea groups is 1. The second-order valence-electron chi connectivity index (χ2n) is 6.42. The molecule has 2 aromatic carbocycles. The Kier molecular flexibility index (Phi) is 5.52. The van der Waals surface area contributed by atoms with Crippen molar-refractivity contribution in [3.63, 3.8) is 0 Å². The van der Waals surface area contributed by atoms with Crippen LogP contribution in [0.25, 0.3) is 5.82 Å². The number of carbonyl (C=O) groups is 1. The lowest BCUT2D eigenvalue weighted by Gasteiger charge is -2.10. The number of halogens is 2. The van der Waals surface area contributed by atoms with Crippen LogP contribution in [0.15, 0.2) is 67.3 Å². The van der Waals surface area contributed by atoms with Crippen LogP contribution in [0.3, 0.4) is 0 Å². The number of benzene rings is 2. The normalized spacial score (nSPS) is 10.5. The number of nitrogens with zero attached hydrogens (tertiary/aromatic N) is 4. The molecule has 2 N–H and O–H groups in total. The van der Waals surface area contributed by atoms with Crippen molar-refractivity contribution in [2.75, 3.05) is 10.6 Å². The average molecular weight is 422 g/mol. The molecular formula is C21H16F2N6O2. The number of hydrogen-bond donors (Lipinski definition) is 2. The molecule has 0 radical (unpaired) electrons. The zero-order valence-electron chi connectivity index (χ0n) is 16.2. The van der Waals surface area contributed by atoms with E-state index in [4.69, 9.17) is 4.74 Å². The summed E-state index contributed by atoms with van der Waals surface area (Å²) in [5.41, 5.74) is 0.606. The SMILES string of the molecule is Cc1nc(Oc2ccc(NC(=O)Nc3ccc(F)c(F)c3)cc2)cc(-n2ccnc2)n1. The quantitative estimate of drug-likeness (QED) is 0.487. The number of nitrogens with one attached hydrogen (secondary N) is 2. The molecule has 0 unspecified atom stereocenters. The lowest BCUT2D eigenvalue weighted by atomic mass is 10.3. The Hall–Kier alpha value is -4.34. The smallest absolute Gasteiger partial charge is 0.323 e.